The molecule has 0 bridgehead atoms. The maximum atomic E-state index is 12.7. The molecule has 0 atom stereocenters. The first kappa shape index (κ1) is 23.7. The molecule has 0 aliphatic heterocycles. The van der Waals surface area contributed by atoms with Crippen molar-refractivity contribution in [3.05, 3.63) is 90.2 Å². The van der Waals surface area contributed by atoms with Crippen LogP contribution in [0.3, 0.4) is 0 Å². The quantitative estimate of drug-likeness (QED) is 0.322. The summed E-state index contributed by atoms with van der Waals surface area (Å²) in [5, 5.41) is 3.09. The highest BCUT2D eigenvalue weighted by atomic mass is 19.4. The van der Waals surface area contributed by atoms with Crippen molar-refractivity contribution in [2.24, 2.45) is 0 Å². The third-order valence-corrected chi connectivity index (χ3v) is 4.72. The van der Waals surface area contributed by atoms with Gasteiger partial charge in [0.05, 0.1) is 5.56 Å². The molecule has 1 heterocycles. The van der Waals surface area contributed by atoms with Crippen molar-refractivity contribution in [2.45, 2.75) is 13.0 Å². The van der Waals surface area contributed by atoms with Crippen LogP contribution in [0, 0.1) is 0 Å². The van der Waals surface area contributed by atoms with Crippen molar-refractivity contribution in [3.8, 4) is 11.5 Å². The first-order chi connectivity index (χ1) is 16.8. The molecule has 0 fully saturated rings. The van der Waals surface area contributed by atoms with Crippen LogP contribution in [0.1, 0.15) is 16.1 Å². The van der Waals surface area contributed by atoms with Crippen LogP contribution >= 0.6 is 0 Å². The van der Waals surface area contributed by atoms with E-state index in [9.17, 15) is 22.8 Å². The Morgan fingerprint density at radius 1 is 0.857 bits per heavy atom. The van der Waals surface area contributed by atoms with Crippen LogP contribution in [-0.2, 0) is 16.1 Å². The lowest BCUT2D eigenvalue weighted by atomic mass is 10.1. The molecule has 0 unspecified atom stereocenters. The Hall–Kier alpha value is -4.47. The summed E-state index contributed by atoms with van der Waals surface area (Å²) in [5.41, 5.74) is 1.12. The Morgan fingerprint density at radius 2 is 1.54 bits per heavy atom. The van der Waals surface area contributed by atoms with Crippen molar-refractivity contribution >= 4 is 28.5 Å². The van der Waals surface area contributed by atoms with Crippen LogP contribution in [0.4, 0.5) is 18.9 Å². The number of furan rings is 1. The minimum atomic E-state index is -4.82. The summed E-state index contributed by atoms with van der Waals surface area (Å²) in [4.78, 5) is 24.9. The average Bonchev–Trinajstić information content (AvgIpc) is 3.21. The smallest absolute Gasteiger partial charge is 0.489 e. The number of para-hydroxylation sites is 2. The second kappa shape index (κ2) is 10.2. The number of nitrogens with one attached hydrogen (secondary N) is 1. The minimum absolute atomic E-state index is 0.0317. The van der Waals surface area contributed by atoms with Crippen molar-refractivity contribution in [3.63, 3.8) is 0 Å². The first-order valence-corrected chi connectivity index (χ1v) is 10.3. The Balaban J connectivity index is 1.40. The van der Waals surface area contributed by atoms with Crippen LogP contribution in [-0.4, -0.2) is 24.8 Å². The maximum Gasteiger partial charge on any atom is 0.573 e. The number of hydrogen-bond donors (Lipinski definition) is 1. The molecular weight excluding hydrogens is 467 g/mol. The van der Waals surface area contributed by atoms with Gasteiger partial charge < -0.3 is 23.9 Å². The zero-order valence-corrected chi connectivity index (χ0v) is 18.0. The molecule has 0 saturated heterocycles. The minimum Gasteiger partial charge on any atom is -0.489 e. The third-order valence-electron chi connectivity index (χ3n) is 4.72. The number of ether oxygens (including phenoxy) is 3. The average molecular weight is 485 g/mol. The van der Waals surface area contributed by atoms with E-state index in [1.165, 1.54) is 12.1 Å². The molecule has 7 nitrogen and oxygen atoms in total. The SMILES string of the molecule is O=C(COC(=O)c1oc2ccccc2c1COc1ccccc1)Nc1ccc(OC(F)(F)F)cc1. The molecule has 1 aromatic heterocycles. The van der Waals surface area contributed by atoms with Gasteiger partial charge in [-0.25, -0.2) is 4.79 Å². The van der Waals surface area contributed by atoms with Gasteiger partial charge in [-0.1, -0.05) is 36.4 Å². The van der Waals surface area contributed by atoms with E-state index in [2.05, 4.69) is 10.1 Å². The van der Waals surface area contributed by atoms with Crippen LogP contribution in [0.25, 0.3) is 11.0 Å². The summed E-state index contributed by atoms with van der Waals surface area (Å²) in [7, 11) is 0. The molecular formula is C25H18F3NO6. The standard InChI is InChI=1S/C25H18F3NO6/c26-25(27,28)35-18-12-10-16(11-13-18)29-22(30)15-33-24(31)23-20(14-32-17-6-2-1-3-7-17)19-8-4-5-9-21(19)34-23/h1-13H,14-15H2,(H,29,30). The fourth-order valence-electron chi connectivity index (χ4n) is 3.21. The predicted molar refractivity (Wildman–Crippen MR) is 119 cm³/mol. The zero-order valence-electron chi connectivity index (χ0n) is 18.0. The molecule has 10 heteroatoms. The number of hydrogen-bond acceptors (Lipinski definition) is 6. The van der Waals surface area contributed by atoms with Crippen LogP contribution in [0.5, 0.6) is 11.5 Å². The molecule has 180 valence electrons. The van der Waals surface area contributed by atoms with Gasteiger partial charge in [-0.3, -0.25) is 4.79 Å². The molecule has 0 spiro atoms. The lowest BCUT2D eigenvalue weighted by Crippen LogP contribution is -2.21. The molecule has 0 saturated carbocycles. The van der Waals surface area contributed by atoms with E-state index in [1.807, 2.05) is 18.2 Å². The van der Waals surface area contributed by atoms with Gasteiger partial charge in [-0.2, -0.15) is 0 Å². The van der Waals surface area contributed by atoms with Crippen molar-refractivity contribution in [1.29, 1.82) is 0 Å². The number of anilines is 1. The molecule has 0 radical (unpaired) electrons. The maximum absolute atomic E-state index is 12.7. The highest BCUT2D eigenvalue weighted by molar-refractivity contribution is 5.98. The molecule has 35 heavy (non-hydrogen) atoms. The van der Waals surface area contributed by atoms with E-state index in [0.29, 0.717) is 22.3 Å². The molecule has 1 N–H and O–H groups in total. The predicted octanol–water partition coefficient (Wildman–Crippen LogP) is 5.71. The summed E-state index contributed by atoms with van der Waals surface area (Å²) < 4.78 is 57.0. The first-order valence-electron chi connectivity index (χ1n) is 10.3. The van der Waals surface area contributed by atoms with Crippen LogP contribution in [0.2, 0.25) is 0 Å². The number of carbonyl (C=O) groups is 2. The van der Waals surface area contributed by atoms with Gasteiger partial charge in [0.1, 0.15) is 23.7 Å². The van der Waals surface area contributed by atoms with Gasteiger partial charge >= 0.3 is 12.3 Å². The van der Waals surface area contributed by atoms with Gasteiger partial charge in [0, 0.05) is 11.1 Å². The molecule has 3 aromatic carbocycles. The van der Waals surface area contributed by atoms with E-state index in [-0.39, 0.29) is 18.1 Å². The van der Waals surface area contributed by atoms with Gasteiger partial charge in [-0.05, 0) is 42.5 Å². The van der Waals surface area contributed by atoms with Gasteiger partial charge in [0.15, 0.2) is 6.61 Å². The molecule has 4 aromatic rings. The van der Waals surface area contributed by atoms with E-state index in [1.54, 1.807) is 36.4 Å². The van der Waals surface area contributed by atoms with E-state index < -0.39 is 30.6 Å². The number of benzene rings is 3. The number of fused-ring (bicyclic) bond motifs is 1. The summed E-state index contributed by atoms with van der Waals surface area (Å²) in [6.07, 6.45) is -4.82. The number of esters is 1. The summed E-state index contributed by atoms with van der Waals surface area (Å²) in [5.74, 6) is -1.48. The summed E-state index contributed by atoms with van der Waals surface area (Å²) in [6.45, 7) is -0.611. The number of alkyl halides is 3. The van der Waals surface area contributed by atoms with Gasteiger partial charge in [0.2, 0.25) is 5.76 Å². The molecule has 1 amide bonds. The summed E-state index contributed by atoms with van der Waals surface area (Å²) in [6, 6.07) is 20.6. The number of amides is 1. The van der Waals surface area contributed by atoms with E-state index in [0.717, 1.165) is 12.1 Å². The van der Waals surface area contributed by atoms with Crippen molar-refractivity contribution in [1.82, 2.24) is 0 Å². The second-order valence-corrected chi connectivity index (χ2v) is 7.20. The van der Waals surface area contributed by atoms with Crippen molar-refractivity contribution in [2.75, 3.05) is 11.9 Å². The van der Waals surface area contributed by atoms with Crippen LogP contribution < -0.4 is 14.8 Å². The number of carbonyl (C=O) groups excluding carboxylic acids is 2. The Morgan fingerprint density at radius 3 is 2.26 bits per heavy atom. The topological polar surface area (TPSA) is 87.0 Å². The highest BCUT2D eigenvalue weighted by Gasteiger charge is 2.31. The van der Waals surface area contributed by atoms with Crippen molar-refractivity contribution < 1.29 is 41.4 Å². The second-order valence-electron chi connectivity index (χ2n) is 7.20. The molecule has 0 aliphatic rings. The third kappa shape index (κ3) is 6.32. The fraction of sp³-hybridized carbons (Fsp3) is 0.120. The Labute approximate surface area is 197 Å². The Bertz CT molecular complexity index is 1320. The number of halogens is 3. The lowest BCUT2D eigenvalue weighted by Gasteiger charge is -2.10. The van der Waals surface area contributed by atoms with Gasteiger partial charge in [0.25, 0.3) is 5.91 Å². The van der Waals surface area contributed by atoms with E-state index >= 15 is 0 Å². The van der Waals surface area contributed by atoms with E-state index in [4.69, 9.17) is 13.9 Å². The van der Waals surface area contributed by atoms with Gasteiger partial charge in [-0.15, -0.1) is 13.2 Å². The fourth-order valence-corrected chi connectivity index (χ4v) is 3.21. The largest absolute Gasteiger partial charge is 0.573 e. The zero-order chi connectivity index (χ0) is 24.8. The normalized spacial score (nSPS) is 11.2. The van der Waals surface area contributed by atoms with Crippen LogP contribution in [0.15, 0.2) is 83.3 Å². The molecule has 4 rings (SSSR count). The lowest BCUT2D eigenvalue weighted by molar-refractivity contribution is -0.274. The number of rotatable bonds is 8. The summed E-state index contributed by atoms with van der Waals surface area (Å²) >= 11 is 0. The monoisotopic (exact) mass is 485 g/mol. The highest BCUT2D eigenvalue weighted by Crippen LogP contribution is 2.28. The molecule has 0 aliphatic carbocycles. The Kier molecular flexibility index (Phi) is 6.91.